The van der Waals surface area contributed by atoms with Gasteiger partial charge < -0.3 is 4.90 Å². The predicted octanol–water partition coefficient (Wildman–Crippen LogP) is 1.50. The van der Waals surface area contributed by atoms with E-state index in [4.69, 9.17) is 0 Å². The van der Waals surface area contributed by atoms with Crippen molar-refractivity contribution >= 4 is 18.1 Å². The summed E-state index contributed by atoms with van der Waals surface area (Å²) in [5, 5.41) is 7.75. The van der Waals surface area contributed by atoms with Gasteiger partial charge in [0.15, 0.2) is 0 Å². The van der Waals surface area contributed by atoms with Gasteiger partial charge in [-0.05, 0) is 24.3 Å². The Kier molecular flexibility index (Phi) is 3.40. The van der Waals surface area contributed by atoms with E-state index >= 15 is 0 Å². The first-order valence-electron chi connectivity index (χ1n) is 5.21. The van der Waals surface area contributed by atoms with E-state index in [1.807, 2.05) is 43.3 Å². The van der Waals surface area contributed by atoms with Crippen LogP contribution in [0.3, 0.4) is 0 Å². The van der Waals surface area contributed by atoms with Crippen LogP contribution in [-0.2, 0) is 0 Å². The maximum absolute atomic E-state index is 4.22. The first kappa shape index (κ1) is 11.2. The Balaban J connectivity index is 2.12. The second kappa shape index (κ2) is 5.16. The summed E-state index contributed by atoms with van der Waals surface area (Å²) in [5.41, 5.74) is 1.74. The van der Waals surface area contributed by atoms with Gasteiger partial charge in [0, 0.05) is 38.2 Å². The lowest BCUT2D eigenvalue weighted by Crippen LogP contribution is -2.12. The summed E-state index contributed by atoms with van der Waals surface area (Å²) in [6.45, 7) is 0. The van der Waals surface area contributed by atoms with Crippen molar-refractivity contribution in [3.63, 3.8) is 0 Å². The molecule has 0 fully saturated rings. The van der Waals surface area contributed by atoms with E-state index < -0.39 is 0 Å². The van der Waals surface area contributed by atoms with Crippen molar-refractivity contribution in [2.45, 2.75) is 0 Å². The zero-order chi connectivity index (χ0) is 12.1. The van der Waals surface area contributed by atoms with Crippen LogP contribution in [-0.4, -0.2) is 34.3 Å². The van der Waals surface area contributed by atoms with Crippen LogP contribution in [0.4, 0.5) is 5.95 Å². The van der Waals surface area contributed by atoms with Gasteiger partial charge in [-0.2, -0.15) is 10.2 Å². The Hall–Kier alpha value is -2.30. The van der Waals surface area contributed by atoms with Crippen molar-refractivity contribution in [1.82, 2.24) is 20.2 Å². The van der Waals surface area contributed by atoms with E-state index in [2.05, 4.69) is 20.2 Å². The Bertz CT molecular complexity index is 490. The molecule has 0 saturated carbocycles. The minimum atomic E-state index is 0.696. The van der Waals surface area contributed by atoms with Crippen molar-refractivity contribution in [1.29, 1.82) is 0 Å². The molecule has 2 aromatic rings. The van der Waals surface area contributed by atoms with Gasteiger partial charge in [-0.3, -0.25) is 0 Å². The highest BCUT2D eigenvalue weighted by Crippen LogP contribution is 2.06. The van der Waals surface area contributed by atoms with Crippen molar-refractivity contribution in [3.05, 3.63) is 42.0 Å². The summed E-state index contributed by atoms with van der Waals surface area (Å²) in [7, 11) is 3.81. The number of hydrogen-bond acceptors (Lipinski definition) is 5. The molecule has 5 heteroatoms. The standard InChI is InChI=1S/C12H13N5/c1-17(2)12-13-8-10(9-14-12)5-6-11-4-3-7-15-16-11/h3-9H,1-2H3/b6-5+. The third kappa shape index (κ3) is 3.07. The van der Waals surface area contributed by atoms with Gasteiger partial charge in [-0.25, -0.2) is 9.97 Å². The molecule has 0 aliphatic carbocycles. The molecule has 0 atom stereocenters. The molecular formula is C12H13N5. The zero-order valence-electron chi connectivity index (χ0n) is 9.78. The maximum atomic E-state index is 4.22. The molecule has 0 amide bonds. The van der Waals surface area contributed by atoms with Gasteiger partial charge in [0.2, 0.25) is 5.95 Å². The molecule has 0 spiro atoms. The highest BCUT2D eigenvalue weighted by Gasteiger charge is 1.96. The molecule has 2 heterocycles. The maximum Gasteiger partial charge on any atom is 0.224 e. The second-order valence-electron chi connectivity index (χ2n) is 3.69. The smallest absolute Gasteiger partial charge is 0.224 e. The summed E-state index contributed by atoms with van der Waals surface area (Å²) in [4.78, 5) is 10.3. The van der Waals surface area contributed by atoms with Crippen molar-refractivity contribution < 1.29 is 0 Å². The van der Waals surface area contributed by atoms with Crippen LogP contribution >= 0.6 is 0 Å². The fraction of sp³-hybridized carbons (Fsp3) is 0.167. The number of anilines is 1. The molecule has 0 N–H and O–H groups in total. The molecule has 0 unspecified atom stereocenters. The molecule has 0 radical (unpaired) electrons. The third-order valence-corrected chi connectivity index (χ3v) is 2.10. The molecule has 86 valence electrons. The van der Waals surface area contributed by atoms with Gasteiger partial charge in [0.05, 0.1) is 5.69 Å². The monoisotopic (exact) mass is 227 g/mol. The van der Waals surface area contributed by atoms with Crippen LogP contribution < -0.4 is 4.90 Å². The van der Waals surface area contributed by atoms with Crippen LogP contribution in [0.2, 0.25) is 0 Å². The van der Waals surface area contributed by atoms with Crippen LogP contribution in [0.1, 0.15) is 11.3 Å². The van der Waals surface area contributed by atoms with Gasteiger partial charge in [-0.1, -0.05) is 0 Å². The number of rotatable bonds is 3. The van der Waals surface area contributed by atoms with Gasteiger partial charge in [0.25, 0.3) is 0 Å². The molecule has 0 aromatic carbocycles. The Labute approximate surface area is 99.9 Å². The van der Waals surface area contributed by atoms with Gasteiger partial charge in [-0.15, -0.1) is 0 Å². The molecule has 17 heavy (non-hydrogen) atoms. The Morgan fingerprint density at radius 2 is 1.88 bits per heavy atom. The fourth-order valence-electron chi connectivity index (χ4n) is 1.23. The molecule has 2 aromatic heterocycles. The van der Waals surface area contributed by atoms with Crippen molar-refractivity contribution in [3.8, 4) is 0 Å². The molecule has 0 bridgehead atoms. The van der Waals surface area contributed by atoms with E-state index in [0.717, 1.165) is 11.3 Å². The van der Waals surface area contributed by atoms with Crippen LogP contribution in [0.5, 0.6) is 0 Å². The predicted molar refractivity (Wildman–Crippen MR) is 67.3 cm³/mol. The lowest BCUT2D eigenvalue weighted by atomic mass is 10.3. The average molecular weight is 227 g/mol. The van der Waals surface area contributed by atoms with Crippen LogP contribution in [0.25, 0.3) is 12.2 Å². The third-order valence-electron chi connectivity index (χ3n) is 2.10. The van der Waals surface area contributed by atoms with E-state index in [1.165, 1.54) is 0 Å². The summed E-state index contributed by atoms with van der Waals surface area (Å²) in [6, 6.07) is 3.73. The Morgan fingerprint density at radius 3 is 2.47 bits per heavy atom. The Morgan fingerprint density at radius 1 is 1.12 bits per heavy atom. The summed E-state index contributed by atoms with van der Waals surface area (Å²) < 4.78 is 0. The normalized spacial score (nSPS) is 10.7. The van der Waals surface area contributed by atoms with Crippen LogP contribution in [0.15, 0.2) is 30.7 Å². The molecule has 2 rings (SSSR count). The second-order valence-corrected chi connectivity index (χ2v) is 3.69. The first-order valence-corrected chi connectivity index (χ1v) is 5.21. The largest absolute Gasteiger partial charge is 0.347 e. The quantitative estimate of drug-likeness (QED) is 0.795. The lowest BCUT2D eigenvalue weighted by molar-refractivity contribution is 0.996. The van der Waals surface area contributed by atoms with Crippen molar-refractivity contribution in [2.75, 3.05) is 19.0 Å². The lowest BCUT2D eigenvalue weighted by Gasteiger charge is -2.08. The fourth-order valence-corrected chi connectivity index (χ4v) is 1.23. The average Bonchev–Trinajstić information content (AvgIpc) is 2.38. The number of nitrogens with zero attached hydrogens (tertiary/aromatic N) is 5. The number of hydrogen-bond donors (Lipinski definition) is 0. The summed E-state index contributed by atoms with van der Waals surface area (Å²) in [6.07, 6.45) is 8.97. The van der Waals surface area contributed by atoms with Gasteiger partial charge >= 0.3 is 0 Å². The number of aromatic nitrogens is 4. The van der Waals surface area contributed by atoms with E-state index in [-0.39, 0.29) is 0 Å². The first-order chi connectivity index (χ1) is 8.25. The van der Waals surface area contributed by atoms with Gasteiger partial charge in [0.1, 0.15) is 0 Å². The molecule has 5 nitrogen and oxygen atoms in total. The molecule has 0 aliphatic heterocycles. The topological polar surface area (TPSA) is 54.8 Å². The molecule has 0 saturated heterocycles. The zero-order valence-corrected chi connectivity index (χ0v) is 9.78. The van der Waals surface area contributed by atoms with E-state index in [0.29, 0.717) is 5.95 Å². The minimum Gasteiger partial charge on any atom is -0.347 e. The molecular weight excluding hydrogens is 214 g/mol. The molecule has 0 aliphatic rings. The summed E-state index contributed by atoms with van der Waals surface area (Å²) in [5.74, 6) is 0.696. The SMILES string of the molecule is CN(C)c1ncc(/C=C/c2cccnn2)cn1. The van der Waals surface area contributed by atoms with E-state index in [9.17, 15) is 0 Å². The van der Waals surface area contributed by atoms with Crippen LogP contribution in [0, 0.1) is 0 Å². The highest BCUT2D eigenvalue weighted by molar-refractivity contribution is 5.67. The minimum absolute atomic E-state index is 0.696. The van der Waals surface area contributed by atoms with E-state index in [1.54, 1.807) is 18.6 Å². The van der Waals surface area contributed by atoms with Crippen molar-refractivity contribution in [2.24, 2.45) is 0 Å². The summed E-state index contributed by atoms with van der Waals surface area (Å²) >= 11 is 0. The highest BCUT2D eigenvalue weighted by atomic mass is 15.2.